The summed E-state index contributed by atoms with van der Waals surface area (Å²) >= 11 is 0. The molecule has 4 heteroatoms. The molecule has 1 aliphatic rings. The Balaban J connectivity index is 0.000001000. The molecule has 0 atom stereocenters. The van der Waals surface area contributed by atoms with Gasteiger partial charge in [-0.25, -0.2) is 0 Å². The van der Waals surface area contributed by atoms with Crippen molar-refractivity contribution in [2.24, 2.45) is 5.73 Å². The molecule has 0 spiro atoms. The van der Waals surface area contributed by atoms with Gasteiger partial charge in [-0.1, -0.05) is 6.08 Å². The lowest BCUT2D eigenvalue weighted by molar-refractivity contribution is -0.114. The molecule has 1 aliphatic heterocycles. The summed E-state index contributed by atoms with van der Waals surface area (Å²) in [5.74, 6) is -0.337. The maximum absolute atomic E-state index is 10.6. The molecule has 1 rings (SSSR count). The number of hydrogen-bond donors (Lipinski definition) is 1. The van der Waals surface area contributed by atoms with Crippen molar-refractivity contribution in [3.63, 3.8) is 0 Å². The fraction of sp³-hybridized carbons (Fsp3) is 0.286. The van der Waals surface area contributed by atoms with Gasteiger partial charge in [0.05, 0.1) is 0 Å². The van der Waals surface area contributed by atoms with Crippen molar-refractivity contribution in [1.29, 1.82) is 0 Å². The van der Waals surface area contributed by atoms with Crippen LogP contribution in [0.25, 0.3) is 0 Å². The largest absolute Gasteiger partial charge is 1.00 e. The molecule has 1 amide bonds. The van der Waals surface area contributed by atoms with E-state index in [1.54, 1.807) is 6.08 Å². The Morgan fingerprint density at radius 2 is 2.36 bits per heavy atom. The van der Waals surface area contributed by atoms with Gasteiger partial charge in [0.1, 0.15) is 0 Å². The van der Waals surface area contributed by atoms with Gasteiger partial charge in [0.25, 0.3) is 0 Å². The summed E-state index contributed by atoms with van der Waals surface area (Å²) in [7, 11) is 1.90. The molecule has 0 radical (unpaired) electrons. The summed E-state index contributed by atoms with van der Waals surface area (Å²) in [6.07, 6.45) is 5.44. The summed E-state index contributed by atoms with van der Waals surface area (Å²) in [6, 6.07) is 0. The zero-order chi connectivity index (χ0) is 7.56. The minimum atomic E-state index is -0.337. The topological polar surface area (TPSA) is 46.3 Å². The van der Waals surface area contributed by atoms with Crippen LogP contribution in [0.5, 0.6) is 0 Å². The van der Waals surface area contributed by atoms with E-state index in [2.05, 4.69) is 0 Å². The lowest BCUT2D eigenvalue weighted by atomic mass is 10.2. The van der Waals surface area contributed by atoms with E-state index in [1.165, 1.54) is 0 Å². The number of likely N-dealkylation sites (N-methyl/N-ethyl adjacent to an activating group) is 1. The Labute approximate surface area is 72.0 Å². The molecule has 62 valence electrons. The maximum atomic E-state index is 10.6. The number of amides is 1. The number of carbonyl (C=O) groups excluding carboxylic acids is 1. The zero-order valence-corrected chi connectivity index (χ0v) is 7.01. The molecule has 11 heavy (non-hydrogen) atoms. The molecule has 0 aromatic carbocycles. The SMILES string of the molecule is CN1C=CC=C(C(N)=O)C1.[Cl-]. The van der Waals surface area contributed by atoms with Gasteiger partial charge in [-0.15, -0.1) is 0 Å². The normalized spacial score (nSPS) is 15.4. The number of nitrogens with two attached hydrogens (primary N) is 1. The highest BCUT2D eigenvalue weighted by atomic mass is 35.5. The molecule has 0 aromatic rings. The fourth-order valence-corrected chi connectivity index (χ4v) is 0.840. The second-order valence-corrected chi connectivity index (χ2v) is 2.31. The number of primary amides is 1. The molecule has 3 nitrogen and oxygen atoms in total. The first kappa shape index (κ1) is 10.0. The van der Waals surface area contributed by atoms with Gasteiger partial charge in [-0.3, -0.25) is 4.79 Å². The number of hydrogen-bond acceptors (Lipinski definition) is 2. The highest BCUT2D eigenvalue weighted by molar-refractivity contribution is 5.92. The van der Waals surface area contributed by atoms with Gasteiger partial charge in [-0.05, 0) is 12.3 Å². The molecule has 1 heterocycles. The fourth-order valence-electron chi connectivity index (χ4n) is 0.840. The Morgan fingerprint density at radius 1 is 1.73 bits per heavy atom. The summed E-state index contributed by atoms with van der Waals surface area (Å²) in [4.78, 5) is 12.5. The predicted molar refractivity (Wildman–Crippen MR) is 39.0 cm³/mol. The van der Waals surface area contributed by atoms with Crippen LogP contribution in [0, 0.1) is 0 Å². The number of halogens is 1. The smallest absolute Gasteiger partial charge is 0.246 e. The van der Waals surface area contributed by atoms with Crippen molar-refractivity contribution in [3.8, 4) is 0 Å². The molecular formula is C7H10ClN2O-. The van der Waals surface area contributed by atoms with Gasteiger partial charge < -0.3 is 23.0 Å². The molecule has 0 saturated carbocycles. The Bertz CT molecular complexity index is 210. The summed E-state index contributed by atoms with van der Waals surface area (Å²) < 4.78 is 0. The number of carbonyl (C=O) groups is 1. The van der Waals surface area contributed by atoms with E-state index >= 15 is 0 Å². The van der Waals surface area contributed by atoms with Crippen LogP contribution in [0.15, 0.2) is 23.9 Å². The van der Waals surface area contributed by atoms with E-state index in [4.69, 9.17) is 5.73 Å². The van der Waals surface area contributed by atoms with Gasteiger partial charge in [0, 0.05) is 19.2 Å². The summed E-state index contributed by atoms with van der Waals surface area (Å²) in [5, 5.41) is 0. The summed E-state index contributed by atoms with van der Waals surface area (Å²) in [5.41, 5.74) is 5.72. The van der Waals surface area contributed by atoms with Crippen molar-refractivity contribution < 1.29 is 17.2 Å². The monoisotopic (exact) mass is 173 g/mol. The Kier molecular flexibility index (Phi) is 3.68. The maximum Gasteiger partial charge on any atom is 0.246 e. The second kappa shape index (κ2) is 4.03. The van der Waals surface area contributed by atoms with Gasteiger partial charge >= 0.3 is 0 Å². The standard InChI is InChI=1S/C7H10N2O.ClH/c1-9-4-2-3-6(5-9)7(8)10;/h2-4H,5H2,1H3,(H2,8,10);1H/p-1. The summed E-state index contributed by atoms with van der Waals surface area (Å²) in [6.45, 7) is 0.617. The van der Waals surface area contributed by atoms with E-state index in [-0.39, 0.29) is 18.3 Å². The predicted octanol–water partition coefficient (Wildman–Crippen LogP) is -3.14. The lowest BCUT2D eigenvalue weighted by Gasteiger charge is -2.17. The van der Waals surface area contributed by atoms with E-state index in [0.29, 0.717) is 12.1 Å². The van der Waals surface area contributed by atoms with Crippen molar-refractivity contribution in [3.05, 3.63) is 23.9 Å². The van der Waals surface area contributed by atoms with Crippen molar-refractivity contribution in [2.75, 3.05) is 13.6 Å². The molecule has 0 saturated heterocycles. The first-order valence-electron chi connectivity index (χ1n) is 3.07. The zero-order valence-electron chi connectivity index (χ0n) is 6.25. The third-order valence-electron chi connectivity index (χ3n) is 1.37. The van der Waals surface area contributed by atoms with Crippen LogP contribution in [0.2, 0.25) is 0 Å². The van der Waals surface area contributed by atoms with Gasteiger partial charge in [-0.2, -0.15) is 0 Å². The van der Waals surface area contributed by atoms with E-state index in [1.807, 2.05) is 24.2 Å². The molecule has 0 aliphatic carbocycles. The van der Waals surface area contributed by atoms with E-state index in [0.717, 1.165) is 0 Å². The molecule has 0 aromatic heterocycles. The van der Waals surface area contributed by atoms with Crippen LogP contribution < -0.4 is 18.1 Å². The van der Waals surface area contributed by atoms with Crippen LogP contribution in [0.3, 0.4) is 0 Å². The van der Waals surface area contributed by atoms with Crippen LogP contribution in [-0.4, -0.2) is 24.4 Å². The van der Waals surface area contributed by atoms with Crippen LogP contribution in [0.4, 0.5) is 0 Å². The van der Waals surface area contributed by atoms with Crippen LogP contribution in [0.1, 0.15) is 0 Å². The van der Waals surface area contributed by atoms with E-state index < -0.39 is 0 Å². The molecule has 2 N–H and O–H groups in total. The third-order valence-corrected chi connectivity index (χ3v) is 1.37. The van der Waals surface area contributed by atoms with Gasteiger partial charge in [0.2, 0.25) is 5.91 Å². The number of nitrogens with zero attached hydrogens (tertiary/aromatic N) is 1. The van der Waals surface area contributed by atoms with Gasteiger partial charge in [0.15, 0.2) is 0 Å². The lowest BCUT2D eigenvalue weighted by Crippen LogP contribution is -3.00. The highest BCUT2D eigenvalue weighted by Gasteiger charge is 2.07. The molecule has 0 unspecified atom stereocenters. The van der Waals surface area contributed by atoms with E-state index in [9.17, 15) is 4.79 Å². The Hall–Kier alpha value is -0.960. The second-order valence-electron chi connectivity index (χ2n) is 2.31. The first-order chi connectivity index (χ1) is 4.70. The highest BCUT2D eigenvalue weighted by Crippen LogP contribution is 2.03. The Morgan fingerprint density at radius 3 is 2.73 bits per heavy atom. The third kappa shape index (κ3) is 2.63. The minimum Gasteiger partial charge on any atom is -1.00 e. The molecular weight excluding hydrogens is 164 g/mol. The van der Waals surface area contributed by atoms with Crippen molar-refractivity contribution in [2.45, 2.75) is 0 Å². The number of rotatable bonds is 1. The quantitative estimate of drug-likeness (QED) is 0.456. The molecule has 0 bridgehead atoms. The van der Waals surface area contributed by atoms with Crippen LogP contribution >= 0.6 is 0 Å². The average molecular weight is 174 g/mol. The number of allylic oxidation sites excluding steroid dienone is 2. The minimum absolute atomic E-state index is 0. The first-order valence-corrected chi connectivity index (χ1v) is 3.07. The average Bonchev–Trinajstić information content (AvgIpc) is 1.88. The molecule has 0 fully saturated rings. The van der Waals surface area contributed by atoms with Crippen molar-refractivity contribution in [1.82, 2.24) is 4.90 Å². The van der Waals surface area contributed by atoms with Crippen LogP contribution in [-0.2, 0) is 4.79 Å². The van der Waals surface area contributed by atoms with Crippen molar-refractivity contribution >= 4 is 5.91 Å².